The molecular weight excluding hydrogens is 322 g/mol. The van der Waals surface area contributed by atoms with Crippen molar-refractivity contribution in [2.75, 3.05) is 38.7 Å². The molecule has 1 aromatic rings. The van der Waals surface area contributed by atoms with Crippen molar-refractivity contribution in [3.05, 3.63) is 11.8 Å². The van der Waals surface area contributed by atoms with E-state index in [9.17, 15) is 9.90 Å². The van der Waals surface area contributed by atoms with Crippen LogP contribution in [0, 0.1) is 5.92 Å². The Kier molecular flexibility index (Phi) is 6.24. The van der Waals surface area contributed by atoms with Crippen molar-refractivity contribution < 1.29 is 19.2 Å². The van der Waals surface area contributed by atoms with E-state index in [1.807, 2.05) is 34.7 Å². The minimum atomic E-state index is -0.682. The van der Waals surface area contributed by atoms with Gasteiger partial charge < -0.3 is 14.4 Å². The van der Waals surface area contributed by atoms with Gasteiger partial charge >= 0.3 is 0 Å². The minimum Gasteiger partial charge on any atom is -0.395 e. The van der Waals surface area contributed by atoms with Crippen LogP contribution in [-0.2, 0) is 14.9 Å². The van der Waals surface area contributed by atoms with Crippen LogP contribution in [0.5, 0.6) is 0 Å². The fraction of sp³-hybridized carbons (Fsp3) is 0.778. The number of rotatable bonds is 8. The van der Waals surface area contributed by atoms with Gasteiger partial charge in [-0.25, -0.2) is 0 Å². The van der Waals surface area contributed by atoms with E-state index >= 15 is 0 Å². The van der Waals surface area contributed by atoms with E-state index in [2.05, 4.69) is 15.4 Å². The Labute approximate surface area is 149 Å². The Morgan fingerprint density at radius 3 is 2.76 bits per heavy atom. The highest BCUT2D eigenvalue weighted by atomic mass is 16.5. The van der Waals surface area contributed by atoms with Crippen molar-refractivity contribution in [3.8, 4) is 0 Å². The van der Waals surface area contributed by atoms with E-state index in [-0.39, 0.29) is 12.5 Å². The number of likely N-dealkylation sites (N-methyl/N-ethyl adjacent to an activating group) is 1. The molecule has 0 aliphatic carbocycles. The number of aliphatic hydroxyl groups is 1. The van der Waals surface area contributed by atoms with Gasteiger partial charge in [0, 0.05) is 24.7 Å². The average molecular weight is 353 g/mol. The molecule has 0 aromatic carbocycles. The predicted molar refractivity (Wildman–Crippen MR) is 95.5 cm³/mol. The van der Waals surface area contributed by atoms with Gasteiger partial charge in [-0.2, -0.15) is 0 Å². The number of anilines is 1. The molecular formula is C18H31N3O4. The second-order valence-electron chi connectivity index (χ2n) is 8.07. The van der Waals surface area contributed by atoms with Crippen LogP contribution < -0.4 is 5.32 Å². The van der Waals surface area contributed by atoms with E-state index in [0.29, 0.717) is 17.5 Å². The number of nitrogens with one attached hydrogen (secondary N) is 1. The number of hydrogen-bond donors (Lipinski definition) is 2. The zero-order valence-electron chi connectivity index (χ0n) is 16.0. The number of carbonyl (C=O) groups is 1. The fourth-order valence-corrected chi connectivity index (χ4v) is 2.64. The van der Waals surface area contributed by atoms with E-state index in [1.165, 1.54) is 0 Å². The molecule has 2 heterocycles. The van der Waals surface area contributed by atoms with Crippen LogP contribution in [0.4, 0.5) is 5.88 Å². The first-order valence-electron chi connectivity index (χ1n) is 8.85. The summed E-state index contributed by atoms with van der Waals surface area (Å²) in [7, 11) is 1.95. The van der Waals surface area contributed by atoms with Crippen molar-refractivity contribution >= 4 is 11.8 Å². The summed E-state index contributed by atoms with van der Waals surface area (Å²) in [5, 5.41) is 16.1. The third-order valence-corrected chi connectivity index (χ3v) is 5.24. The zero-order valence-corrected chi connectivity index (χ0v) is 16.0. The molecule has 1 atom stereocenters. The molecule has 1 saturated heterocycles. The van der Waals surface area contributed by atoms with Crippen LogP contribution in [0.2, 0.25) is 0 Å². The maximum atomic E-state index is 12.7. The number of nitrogens with zero attached hydrogens (tertiary/aromatic N) is 2. The highest BCUT2D eigenvalue weighted by Crippen LogP contribution is 2.25. The SMILES string of the molecule is CN(CC[C@H]1CCOC1)C(C)(C)C(=O)Nc1cc(C(C)(C)CO)no1. The maximum Gasteiger partial charge on any atom is 0.246 e. The van der Waals surface area contributed by atoms with Crippen molar-refractivity contribution in [2.24, 2.45) is 5.92 Å². The molecule has 1 fully saturated rings. The van der Waals surface area contributed by atoms with Crippen LogP contribution in [0.25, 0.3) is 0 Å². The van der Waals surface area contributed by atoms with Gasteiger partial charge in [0.15, 0.2) is 0 Å². The molecule has 0 radical (unpaired) electrons. The summed E-state index contributed by atoms with van der Waals surface area (Å²) in [5.74, 6) is 0.730. The molecule has 0 saturated carbocycles. The number of aliphatic hydroxyl groups excluding tert-OH is 1. The summed E-state index contributed by atoms with van der Waals surface area (Å²) in [4.78, 5) is 14.7. The van der Waals surface area contributed by atoms with Crippen LogP contribution in [-0.4, -0.2) is 60.0 Å². The number of amides is 1. The zero-order chi connectivity index (χ0) is 18.7. The van der Waals surface area contributed by atoms with Crippen molar-refractivity contribution in [2.45, 2.75) is 51.5 Å². The number of hydrogen-bond acceptors (Lipinski definition) is 6. The van der Waals surface area contributed by atoms with E-state index in [1.54, 1.807) is 6.07 Å². The van der Waals surface area contributed by atoms with Gasteiger partial charge in [0.05, 0.1) is 17.8 Å². The highest BCUT2D eigenvalue weighted by Gasteiger charge is 2.34. The third-order valence-electron chi connectivity index (χ3n) is 5.24. The van der Waals surface area contributed by atoms with Crippen molar-refractivity contribution in [1.82, 2.24) is 10.1 Å². The van der Waals surface area contributed by atoms with E-state index < -0.39 is 11.0 Å². The Hall–Kier alpha value is -1.44. The summed E-state index contributed by atoms with van der Waals surface area (Å²) >= 11 is 0. The van der Waals surface area contributed by atoms with Crippen LogP contribution in [0.1, 0.15) is 46.2 Å². The normalized spacial score (nSPS) is 18.8. The average Bonchev–Trinajstić information content (AvgIpc) is 3.24. The molecule has 0 unspecified atom stereocenters. The van der Waals surface area contributed by atoms with Gasteiger partial charge in [-0.1, -0.05) is 19.0 Å². The molecule has 7 nitrogen and oxygen atoms in total. The quantitative estimate of drug-likeness (QED) is 0.743. The number of ether oxygens (including phenoxy) is 1. The second kappa shape index (κ2) is 7.85. The van der Waals surface area contributed by atoms with Gasteiger partial charge in [-0.15, -0.1) is 0 Å². The Morgan fingerprint density at radius 1 is 1.44 bits per heavy atom. The number of aromatic nitrogens is 1. The third kappa shape index (κ3) is 4.80. The monoisotopic (exact) mass is 353 g/mol. The standard InChI is InChI=1S/C18H31N3O4/c1-17(2,12-22)14-10-15(25-20-14)19-16(23)18(3,4)21(5)8-6-13-7-9-24-11-13/h10,13,22H,6-9,11-12H2,1-5H3,(H,19,23)/t13-/m0/s1. The molecule has 1 aromatic heterocycles. The van der Waals surface area contributed by atoms with Gasteiger partial charge in [-0.05, 0) is 46.2 Å². The molecule has 0 bridgehead atoms. The summed E-state index contributed by atoms with van der Waals surface area (Å²) in [5.41, 5.74) is -0.584. The second-order valence-corrected chi connectivity index (χ2v) is 8.07. The Bertz CT molecular complexity index is 577. The highest BCUT2D eigenvalue weighted by molar-refractivity contribution is 5.96. The number of carbonyl (C=O) groups excluding carboxylic acids is 1. The summed E-state index contributed by atoms with van der Waals surface area (Å²) in [6.07, 6.45) is 2.12. The maximum absolute atomic E-state index is 12.7. The molecule has 1 amide bonds. The first-order valence-corrected chi connectivity index (χ1v) is 8.85. The van der Waals surface area contributed by atoms with E-state index in [4.69, 9.17) is 9.26 Å². The van der Waals surface area contributed by atoms with Crippen LogP contribution >= 0.6 is 0 Å². The van der Waals surface area contributed by atoms with Gasteiger partial charge in [0.1, 0.15) is 0 Å². The van der Waals surface area contributed by atoms with Gasteiger partial charge in [0.2, 0.25) is 11.8 Å². The summed E-state index contributed by atoms with van der Waals surface area (Å²) in [6.45, 7) is 9.95. The largest absolute Gasteiger partial charge is 0.395 e. The fourth-order valence-electron chi connectivity index (χ4n) is 2.64. The minimum absolute atomic E-state index is 0.0496. The lowest BCUT2D eigenvalue weighted by molar-refractivity contribution is -0.125. The molecule has 2 N–H and O–H groups in total. The Balaban J connectivity index is 1.93. The predicted octanol–water partition coefficient (Wildman–Crippen LogP) is 2.02. The molecule has 2 rings (SSSR count). The van der Waals surface area contributed by atoms with Crippen LogP contribution in [0.3, 0.4) is 0 Å². The van der Waals surface area contributed by atoms with Gasteiger partial charge in [0.25, 0.3) is 0 Å². The Morgan fingerprint density at radius 2 is 2.16 bits per heavy atom. The lowest BCUT2D eigenvalue weighted by atomic mass is 9.91. The summed E-state index contributed by atoms with van der Waals surface area (Å²) < 4.78 is 10.6. The molecule has 0 spiro atoms. The first kappa shape index (κ1) is 19.9. The molecule has 25 heavy (non-hydrogen) atoms. The molecule has 1 aliphatic rings. The molecule has 1 aliphatic heterocycles. The van der Waals surface area contributed by atoms with Crippen molar-refractivity contribution in [3.63, 3.8) is 0 Å². The topological polar surface area (TPSA) is 87.8 Å². The summed E-state index contributed by atoms with van der Waals surface area (Å²) in [6, 6.07) is 1.67. The first-order chi connectivity index (χ1) is 11.7. The molecule has 142 valence electrons. The smallest absolute Gasteiger partial charge is 0.246 e. The van der Waals surface area contributed by atoms with Gasteiger partial charge in [-0.3, -0.25) is 15.0 Å². The lowest BCUT2D eigenvalue weighted by Gasteiger charge is -2.34. The van der Waals surface area contributed by atoms with Crippen LogP contribution in [0.15, 0.2) is 10.6 Å². The molecule has 7 heteroatoms. The van der Waals surface area contributed by atoms with E-state index in [0.717, 1.165) is 32.6 Å². The van der Waals surface area contributed by atoms with Crippen molar-refractivity contribution in [1.29, 1.82) is 0 Å². The lowest BCUT2D eigenvalue weighted by Crippen LogP contribution is -2.51.